The highest BCUT2D eigenvalue weighted by Gasteiger charge is 2.55. The summed E-state index contributed by atoms with van der Waals surface area (Å²) in [6.45, 7) is 4.02. The molecule has 3 fully saturated rings. The fourth-order valence-corrected chi connectivity index (χ4v) is 5.26. The Morgan fingerprint density at radius 3 is 2.86 bits per heavy atom. The van der Waals surface area contributed by atoms with Gasteiger partial charge in [0.05, 0.1) is 16.1 Å². The van der Waals surface area contributed by atoms with Crippen molar-refractivity contribution in [1.29, 1.82) is 0 Å². The second-order valence-corrected chi connectivity index (χ2v) is 7.40. The molecular formula is C17H21Cl2NO. The third kappa shape index (κ3) is 2.23. The van der Waals surface area contributed by atoms with Crippen LogP contribution in [0.25, 0.3) is 0 Å². The van der Waals surface area contributed by atoms with Gasteiger partial charge in [-0.25, -0.2) is 0 Å². The molecule has 2 nitrogen and oxygen atoms in total. The van der Waals surface area contributed by atoms with E-state index in [0.29, 0.717) is 34.0 Å². The maximum Gasteiger partial charge on any atom is 0.0750 e. The van der Waals surface area contributed by atoms with Crippen molar-refractivity contribution >= 4 is 23.2 Å². The first-order valence-corrected chi connectivity index (χ1v) is 8.77. The number of ether oxygens (including phenoxy) is 1. The standard InChI is InChI=1S/C17H21Cl2NO/c1-2-21-16-9-20-11-4-6-15(20)17(16)12(8-11)10-3-5-13(18)14(19)7-10/h3,5,7,11-12,15-17H,2,4,6,8-9H2,1H3/t11?,12?,15?,16-,17?/m0/s1. The van der Waals surface area contributed by atoms with E-state index in [4.69, 9.17) is 27.9 Å². The van der Waals surface area contributed by atoms with Gasteiger partial charge in [0.25, 0.3) is 0 Å². The van der Waals surface area contributed by atoms with Gasteiger partial charge in [-0.1, -0.05) is 29.3 Å². The summed E-state index contributed by atoms with van der Waals surface area (Å²) in [5.41, 5.74) is 1.34. The predicted octanol–water partition coefficient (Wildman–Crippen LogP) is 4.35. The summed E-state index contributed by atoms with van der Waals surface area (Å²) in [6.07, 6.45) is 4.29. The van der Waals surface area contributed by atoms with E-state index in [9.17, 15) is 0 Å². The molecule has 21 heavy (non-hydrogen) atoms. The number of nitrogens with zero attached hydrogens (tertiary/aromatic N) is 1. The number of halogens is 2. The highest BCUT2D eigenvalue weighted by molar-refractivity contribution is 6.42. The highest BCUT2D eigenvalue weighted by atomic mass is 35.5. The lowest BCUT2D eigenvalue weighted by atomic mass is 9.76. The first-order chi connectivity index (χ1) is 10.2. The van der Waals surface area contributed by atoms with Gasteiger partial charge in [0.2, 0.25) is 0 Å². The molecular weight excluding hydrogens is 305 g/mol. The molecule has 0 N–H and O–H groups in total. The number of rotatable bonds is 3. The minimum Gasteiger partial charge on any atom is -0.377 e. The lowest BCUT2D eigenvalue weighted by Crippen LogP contribution is -2.41. The molecule has 3 heterocycles. The largest absolute Gasteiger partial charge is 0.377 e. The Hall–Kier alpha value is -0.280. The summed E-state index contributed by atoms with van der Waals surface area (Å²) in [4.78, 5) is 2.71. The van der Waals surface area contributed by atoms with Crippen molar-refractivity contribution < 1.29 is 4.74 Å². The molecule has 3 aliphatic heterocycles. The van der Waals surface area contributed by atoms with Gasteiger partial charge in [-0.2, -0.15) is 0 Å². The fourth-order valence-electron chi connectivity index (χ4n) is 4.95. The topological polar surface area (TPSA) is 12.5 Å². The second-order valence-electron chi connectivity index (χ2n) is 6.58. The molecule has 6 atom stereocenters. The van der Waals surface area contributed by atoms with Crippen molar-refractivity contribution in [3.8, 4) is 0 Å². The molecule has 3 aliphatic rings. The van der Waals surface area contributed by atoms with Gasteiger partial charge in [-0.15, -0.1) is 0 Å². The average Bonchev–Trinajstić information content (AvgIpc) is 2.88. The first kappa shape index (κ1) is 14.3. The van der Waals surface area contributed by atoms with Crippen LogP contribution in [0, 0.1) is 5.92 Å². The van der Waals surface area contributed by atoms with E-state index < -0.39 is 0 Å². The van der Waals surface area contributed by atoms with Crippen LogP contribution in [0.5, 0.6) is 0 Å². The Kier molecular flexibility index (Phi) is 3.69. The molecule has 0 aliphatic carbocycles. The Morgan fingerprint density at radius 1 is 1.24 bits per heavy atom. The molecule has 5 unspecified atom stereocenters. The molecule has 0 radical (unpaired) electrons. The number of hydrogen-bond donors (Lipinski definition) is 0. The van der Waals surface area contributed by atoms with Crippen LogP contribution in [0.1, 0.15) is 37.7 Å². The van der Waals surface area contributed by atoms with Crippen molar-refractivity contribution in [2.24, 2.45) is 5.92 Å². The third-order valence-electron chi connectivity index (χ3n) is 5.70. The average molecular weight is 326 g/mol. The summed E-state index contributed by atoms with van der Waals surface area (Å²) in [5.74, 6) is 1.17. The maximum absolute atomic E-state index is 6.25. The summed E-state index contributed by atoms with van der Waals surface area (Å²) in [6, 6.07) is 7.62. The molecule has 3 saturated heterocycles. The van der Waals surface area contributed by atoms with Crippen LogP contribution >= 0.6 is 23.2 Å². The van der Waals surface area contributed by atoms with Gasteiger partial charge >= 0.3 is 0 Å². The van der Waals surface area contributed by atoms with Gasteiger partial charge in [0, 0.05) is 31.2 Å². The van der Waals surface area contributed by atoms with E-state index in [-0.39, 0.29) is 0 Å². The Bertz CT molecular complexity index is 550. The first-order valence-electron chi connectivity index (χ1n) is 8.01. The molecule has 1 aromatic rings. The number of piperidine rings is 1. The van der Waals surface area contributed by atoms with Gasteiger partial charge in [0.15, 0.2) is 0 Å². The maximum atomic E-state index is 6.25. The van der Waals surface area contributed by atoms with Crippen molar-refractivity contribution in [2.45, 2.75) is 50.3 Å². The summed E-state index contributed by atoms with van der Waals surface area (Å²) < 4.78 is 6.07. The number of benzene rings is 1. The van der Waals surface area contributed by atoms with E-state index in [0.717, 1.165) is 19.2 Å². The molecule has 1 aromatic carbocycles. The zero-order valence-corrected chi connectivity index (χ0v) is 13.8. The summed E-state index contributed by atoms with van der Waals surface area (Å²) in [5, 5.41) is 1.32. The van der Waals surface area contributed by atoms with Gasteiger partial charge in [-0.3, -0.25) is 4.90 Å². The third-order valence-corrected chi connectivity index (χ3v) is 6.44. The van der Waals surface area contributed by atoms with Crippen LogP contribution in [0.3, 0.4) is 0 Å². The molecule has 0 spiro atoms. The van der Waals surface area contributed by atoms with Gasteiger partial charge in [0.1, 0.15) is 0 Å². The second kappa shape index (κ2) is 5.42. The summed E-state index contributed by atoms with van der Waals surface area (Å²) >= 11 is 12.3. The number of hydrogen-bond acceptors (Lipinski definition) is 2. The lowest BCUT2D eigenvalue weighted by molar-refractivity contribution is 0.0333. The molecule has 4 bridgehead atoms. The van der Waals surface area contributed by atoms with Crippen molar-refractivity contribution in [3.63, 3.8) is 0 Å². The van der Waals surface area contributed by atoms with E-state index in [1.165, 1.54) is 24.8 Å². The minimum absolute atomic E-state index is 0.379. The predicted molar refractivity (Wildman–Crippen MR) is 86.2 cm³/mol. The normalized spacial score (nSPS) is 40.7. The van der Waals surface area contributed by atoms with Crippen molar-refractivity contribution in [3.05, 3.63) is 33.8 Å². The monoisotopic (exact) mass is 325 g/mol. The molecule has 114 valence electrons. The lowest BCUT2D eigenvalue weighted by Gasteiger charge is -2.38. The van der Waals surface area contributed by atoms with Crippen LogP contribution in [0.15, 0.2) is 18.2 Å². The van der Waals surface area contributed by atoms with E-state index in [2.05, 4.69) is 24.0 Å². The smallest absolute Gasteiger partial charge is 0.0750 e. The van der Waals surface area contributed by atoms with E-state index in [1.807, 2.05) is 6.07 Å². The molecule has 0 saturated carbocycles. The summed E-state index contributed by atoms with van der Waals surface area (Å²) in [7, 11) is 0. The van der Waals surface area contributed by atoms with Crippen molar-refractivity contribution in [2.75, 3.05) is 13.2 Å². The zero-order valence-electron chi connectivity index (χ0n) is 12.3. The van der Waals surface area contributed by atoms with Crippen LogP contribution in [0.4, 0.5) is 0 Å². The molecule has 0 amide bonds. The highest BCUT2D eigenvalue weighted by Crippen LogP contribution is 2.53. The van der Waals surface area contributed by atoms with E-state index >= 15 is 0 Å². The van der Waals surface area contributed by atoms with Gasteiger partial charge < -0.3 is 4.74 Å². The SMILES string of the molecule is CCO[C@H]1CN2C3CCC2C1C(c1ccc(Cl)c(Cl)c1)C3. The Labute approximate surface area is 136 Å². The molecule has 4 heteroatoms. The van der Waals surface area contributed by atoms with E-state index in [1.54, 1.807) is 0 Å². The molecule has 0 aromatic heterocycles. The van der Waals surface area contributed by atoms with Crippen LogP contribution < -0.4 is 0 Å². The van der Waals surface area contributed by atoms with Crippen LogP contribution in [-0.4, -0.2) is 36.2 Å². The van der Waals surface area contributed by atoms with Crippen molar-refractivity contribution in [1.82, 2.24) is 4.90 Å². The Morgan fingerprint density at radius 2 is 2.10 bits per heavy atom. The van der Waals surface area contributed by atoms with Crippen LogP contribution in [-0.2, 0) is 4.74 Å². The zero-order chi connectivity index (χ0) is 14.6. The fraction of sp³-hybridized carbons (Fsp3) is 0.647. The molecule has 4 rings (SSSR count). The van der Waals surface area contributed by atoms with Gasteiger partial charge in [-0.05, 0) is 49.8 Å². The minimum atomic E-state index is 0.379. The quantitative estimate of drug-likeness (QED) is 0.819. The van der Waals surface area contributed by atoms with Crippen LogP contribution in [0.2, 0.25) is 10.0 Å². The Balaban J connectivity index is 1.69.